The van der Waals surface area contributed by atoms with Crippen molar-refractivity contribution in [1.82, 2.24) is 4.90 Å². The highest BCUT2D eigenvalue weighted by Gasteiger charge is 2.27. The molecule has 0 saturated heterocycles. The van der Waals surface area contributed by atoms with Gasteiger partial charge >= 0.3 is 0 Å². The number of nitrogens with zero attached hydrogens (tertiary/aromatic N) is 2. The molecule has 1 heterocycles. The molecule has 24 heavy (non-hydrogen) atoms. The summed E-state index contributed by atoms with van der Waals surface area (Å²) in [7, 11) is 0. The first-order chi connectivity index (χ1) is 11.3. The van der Waals surface area contributed by atoms with Crippen LogP contribution in [-0.4, -0.2) is 27.2 Å². The van der Waals surface area contributed by atoms with Gasteiger partial charge < -0.3 is 4.90 Å². The van der Waals surface area contributed by atoms with Gasteiger partial charge in [0.05, 0.1) is 12.6 Å². The van der Waals surface area contributed by atoms with E-state index >= 15 is 0 Å². The number of benzene rings is 2. The zero-order valence-corrected chi connectivity index (χ0v) is 17.8. The number of aliphatic imine (C=N–C) groups is 1. The summed E-state index contributed by atoms with van der Waals surface area (Å²) in [6, 6.07) is 21.6. The molecule has 1 aliphatic heterocycles. The van der Waals surface area contributed by atoms with Crippen LogP contribution in [0.15, 0.2) is 65.7 Å². The van der Waals surface area contributed by atoms with Crippen LogP contribution >= 0.6 is 44.7 Å². The average molecular weight is 470 g/mol. The van der Waals surface area contributed by atoms with Crippen molar-refractivity contribution in [2.45, 2.75) is 24.8 Å². The SMILES string of the molecule is Br.CC(c1ccccc1)N(Cc1ccccc1)C1=NCC(CBr)S1. The Labute approximate surface area is 167 Å². The number of hydrogen-bond donors (Lipinski definition) is 0. The highest BCUT2D eigenvalue weighted by atomic mass is 79.9. The number of thioether (sulfide) groups is 1. The third kappa shape index (κ3) is 4.87. The number of amidine groups is 1. The third-order valence-corrected chi connectivity index (χ3v) is 6.50. The second kappa shape index (κ2) is 9.64. The van der Waals surface area contributed by atoms with E-state index in [1.165, 1.54) is 11.1 Å². The Morgan fingerprint density at radius 3 is 2.33 bits per heavy atom. The van der Waals surface area contributed by atoms with E-state index in [4.69, 9.17) is 4.99 Å². The molecule has 1 aliphatic rings. The topological polar surface area (TPSA) is 15.6 Å². The summed E-state index contributed by atoms with van der Waals surface area (Å²) < 4.78 is 0. The van der Waals surface area contributed by atoms with Gasteiger partial charge in [0, 0.05) is 17.1 Å². The zero-order chi connectivity index (χ0) is 16.1. The molecular weight excluding hydrogens is 448 g/mol. The maximum Gasteiger partial charge on any atom is 0.160 e. The van der Waals surface area contributed by atoms with E-state index in [0.29, 0.717) is 11.3 Å². The lowest BCUT2D eigenvalue weighted by Gasteiger charge is -2.31. The maximum atomic E-state index is 4.81. The van der Waals surface area contributed by atoms with Crippen molar-refractivity contribution < 1.29 is 0 Å². The van der Waals surface area contributed by atoms with Crippen LogP contribution in [0.3, 0.4) is 0 Å². The van der Waals surface area contributed by atoms with E-state index in [-0.39, 0.29) is 17.0 Å². The Morgan fingerprint density at radius 2 is 1.75 bits per heavy atom. The molecule has 0 radical (unpaired) electrons. The molecule has 0 spiro atoms. The van der Waals surface area contributed by atoms with Crippen LogP contribution in [0.4, 0.5) is 0 Å². The van der Waals surface area contributed by atoms with Gasteiger partial charge in [-0.3, -0.25) is 4.99 Å². The van der Waals surface area contributed by atoms with Crippen molar-refractivity contribution >= 4 is 49.8 Å². The van der Waals surface area contributed by atoms with Crippen molar-refractivity contribution in [2.24, 2.45) is 4.99 Å². The minimum absolute atomic E-state index is 0. The Kier molecular flexibility index (Phi) is 7.85. The Hall–Kier alpha value is -0.780. The molecule has 0 aliphatic carbocycles. The predicted octanol–water partition coefficient (Wildman–Crippen LogP) is 5.69. The van der Waals surface area contributed by atoms with Gasteiger partial charge in [0.1, 0.15) is 0 Å². The van der Waals surface area contributed by atoms with E-state index in [0.717, 1.165) is 23.6 Å². The second-order valence-electron chi connectivity index (χ2n) is 5.72. The molecular formula is C19H22Br2N2S. The van der Waals surface area contributed by atoms with Crippen LogP contribution in [0.5, 0.6) is 0 Å². The summed E-state index contributed by atoms with van der Waals surface area (Å²) in [5.74, 6) is 0. The number of rotatable bonds is 5. The molecule has 2 unspecified atom stereocenters. The molecule has 3 rings (SSSR count). The van der Waals surface area contributed by atoms with Gasteiger partial charge in [-0.2, -0.15) is 0 Å². The highest BCUT2D eigenvalue weighted by Crippen LogP contribution is 2.31. The van der Waals surface area contributed by atoms with Gasteiger partial charge in [-0.25, -0.2) is 0 Å². The Bertz CT molecular complexity index is 649. The molecule has 0 saturated carbocycles. The summed E-state index contributed by atoms with van der Waals surface area (Å²) in [6.07, 6.45) is 0. The average Bonchev–Trinajstić information content (AvgIpc) is 3.09. The minimum Gasteiger partial charge on any atom is -0.340 e. The minimum atomic E-state index is 0. The fourth-order valence-corrected chi connectivity index (χ4v) is 4.32. The number of halogens is 2. The van der Waals surface area contributed by atoms with Crippen LogP contribution in [-0.2, 0) is 6.54 Å². The fourth-order valence-electron chi connectivity index (χ4n) is 2.70. The summed E-state index contributed by atoms with van der Waals surface area (Å²) >= 11 is 5.48. The Balaban J connectivity index is 0.00000208. The zero-order valence-electron chi connectivity index (χ0n) is 13.6. The molecule has 0 N–H and O–H groups in total. The predicted molar refractivity (Wildman–Crippen MR) is 115 cm³/mol. The molecule has 0 amide bonds. The molecule has 0 fully saturated rings. The number of hydrogen-bond acceptors (Lipinski definition) is 3. The van der Waals surface area contributed by atoms with Gasteiger partial charge in [-0.05, 0) is 18.1 Å². The molecule has 2 nitrogen and oxygen atoms in total. The first-order valence-corrected chi connectivity index (χ1v) is 9.90. The lowest BCUT2D eigenvalue weighted by molar-refractivity contribution is 0.336. The van der Waals surface area contributed by atoms with E-state index < -0.39 is 0 Å². The van der Waals surface area contributed by atoms with Crippen LogP contribution in [0.2, 0.25) is 0 Å². The van der Waals surface area contributed by atoms with Crippen LogP contribution in [0.25, 0.3) is 0 Å². The monoisotopic (exact) mass is 468 g/mol. The van der Waals surface area contributed by atoms with Crippen LogP contribution < -0.4 is 0 Å². The van der Waals surface area contributed by atoms with Gasteiger partial charge in [0.15, 0.2) is 5.17 Å². The molecule has 0 aromatic heterocycles. The van der Waals surface area contributed by atoms with Crippen LogP contribution in [0, 0.1) is 0 Å². The molecule has 2 aromatic carbocycles. The van der Waals surface area contributed by atoms with E-state index in [2.05, 4.69) is 88.4 Å². The molecule has 5 heteroatoms. The lowest BCUT2D eigenvalue weighted by atomic mass is 10.1. The molecule has 2 aromatic rings. The maximum absolute atomic E-state index is 4.81. The van der Waals surface area contributed by atoms with Gasteiger partial charge in [0.2, 0.25) is 0 Å². The van der Waals surface area contributed by atoms with Gasteiger partial charge in [-0.1, -0.05) is 88.4 Å². The van der Waals surface area contributed by atoms with Crippen molar-refractivity contribution in [3.63, 3.8) is 0 Å². The first-order valence-electron chi connectivity index (χ1n) is 7.90. The standard InChI is InChI=1S/C19H21BrN2S.BrH/c1-15(17-10-6-3-7-11-17)22(14-16-8-4-2-5-9-16)19-21-13-18(12-20)23-19;/h2-11,15,18H,12-14H2,1H3;1H. The highest BCUT2D eigenvalue weighted by molar-refractivity contribution is 9.09. The number of alkyl halides is 1. The second-order valence-corrected chi connectivity index (χ2v) is 7.63. The van der Waals surface area contributed by atoms with Crippen molar-refractivity contribution in [1.29, 1.82) is 0 Å². The van der Waals surface area contributed by atoms with E-state index in [1.54, 1.807) is 0 Å². The van der Waals surface area contributed by atoms with E-state index in [1.807, 2.05) is 11.8 Å². The summed E-state index contributed by atoms with van der Waals surface area (Å²) in [6.45, 7) is 4.05. The lowest BCUT2D eigenvalue weighted by Crippen LogP contribution is -2.30. The molecule has 2 atom stereocenters. The van der Waals surface area contributed by atoms with Crippen molar-refractivity contribution in [3.05, 3.63) is 71.8 Å². The summed E-state index contributed by atoms with van der Waals surface area (Å²) in [5.41, 5.74) is 2.65. The third-order valence-electron chi connectivity index (χ3n) is 4.07. The quantitative estimate of drug-likeness (QED) is 0.522. The van der Waals surface area contributed by atoms with Crippen molar-refractivity contribution in [3.8, 4) is 0 Å². The summed E-state index contributed by atoms with van der Waals surface area (Å²) in [5, 5.41) is 2.70. The fraction of sp³-hybridized carbons (Fsp3) is 0.316. The summed E-state index contributed by atoms with van der Waals surface area (Å²) in [4.78, 5) is 7.24. The molecule has 128 valence electrons. The molecule has 0 bridgehead atoms. The Morgan fingerprint density at radius 1 is 1.12 bits per heavy atom. The largest absolute Gasteiger partial charge is 0.340 e. The van der Waals surface area contributed by atoms with Crippen molar-refractivity contribution in [2.75, 3.05) is 11.9 Å². The first kappa shape index (κ1) is 19.5. The normalized spacial score (nSPS) is 17.8. The van der Waals surface area contributed by atoms with Crippen LogP contribution in [0.1, 0.15) is 24.1 Å². The smallest absolute Gasteiger partial charge is 0.160 e. The van der Waals surface area contributed by atoms with E-state index in [9.17, 15) is 0 Å². The van der Waals surface area contributed by atoms with Gasteiger partial charge in [-0.15, -0.1) is 17.0 Å². The van der Waals surface area contributed by atoms with Gasteiger partial charge in [0.25, 0.3) is 0 Å².